The molecule has 0 heterocycles. The fourth-order valence-electron chi connectivity index (χ4n) is 2.39. The number of benzene rings is 1. The molecular weight excluding hydrogens is 306 g/mol. The van der Waals surface area contributed by atoms with Gasteiger partial charge in [-0.2, -0.15) is 0 Å². The summed E-state index contributed by atoms with van der Waals surface area (Å²) in [6.07, 6.45) is 3.21. The lowest BCUT2D eigenvalue weighted by atomic mass is 10.1. The van der Waals surface area contributed by atoms with E-state index < -0.39 is 21.7 Å². The quantitative estimate of drug-likeness (QED) is 0.852. The first-order chi connectivity index (χ1) is 10.2. The lowest BCUT2D eigenvalue weighted by Gasteiger charge is -2.21. The molecular formula is C15H19NO5S. The van der Waals surface area contributed by atoms with E-state index in [4.69, 9.17) is 5.11 Å². The Balaban J connectivity index is 2.39. The Morgan fingerprint density at radius 1 is 1.32 bits per heavy atom. The van der Waals surface area contributed by atoms with E-state index in [2.05, 4.69) is 0 Å². The lowest BCUT2D eigenvalue weighted by molar-refractivity contribution is -0.137. The van der Waals surface area contributed by atoms with Crippen LogP contribution in [0.25, 0.3) is 0 Å². The van der Waals surface area contributed by atoms with Crippen LogP contribution in [0.1, 0.15) is 35.7 Å². The molecule has 22 heavy (non-hydrogen) atoms. The molecule has 6 nitrogen and oxygen atoms in total. The Kier molecular flexibility index (Phi) is 4.55. The van der Waals surface area contributed by atoms with E-state index >= 15 is 0 Å². The molecule has 0 aromatic heterocycles. The van der Waals surface area contributed by atoms with Crippen LogP contribution in [0.5, 0.6) is 0 Å². The predicted octanol–water partition coefficient (Wildman–Crippen LogP) is 1.34. The van der Waals surface area contributed by atoms with Crippen LogP contribution in [0.4, 0.5) is 0 Å². The lowest BCUT2D eigenvalue weighted by Crippen LogP contribution is -2.37. The highest BCUT2D eigenvalue weighted by Gasteiger charge is 2.34. The SMILES string of the molecule is CCc1ccc(C(=O)N(CC(=O)O)C2CC2)cc1S(C)(=O)=O. The molecule has 120 valence electrons. The Morgan fingerprint density at radius 2 is 1.95 bits per heavy atom. The van der Waals surface area contributed by atoms with E-state index in [0.29, 0.717) is 12.0 Å². The van der Waals surface area contributed by atoms with Crippen molar-refractivity contribution in [1.29, 1.82) is 0 Å². The third kappa shape index (κ3) is 3.65. The minimum Gasteiger partial charge on any atom is -0.480 e. The summed E-state index contributed by atoms with van der Waals surface area (Å²) in [5.41, 5.74) is 0.862. The zero-order valence-corrected chi connectivity index (χ0v) is 13.4. The van der Waals surface area contributed by atoms with Crippen LogP contribution in [0, 0.1) is 0 Å². The maximum atomic E-state index is 12.5. The van der Waals surface area contributed by atoms with Crippen molar-refractivity contribution in [3.8, 4) is 0 Å². The van der Waals surface area contributed by atoms with Crippen molar-refractivity contribution in [2.45, 2.75) is 37.1 Å². The fraction of sp³-hybridized carbons (Fsp3) is 0.467. The van der Waals surface area contributed by atoms with E-state index in [1.54, 1.807) is 12.1 Å². The molecule has 0 saturated heterocycles. The molecule has 1 N–H and O–H groups in total. The number of aryl methyl sites for hydroxylation is 1. The number of aliphatic carboxylic acids is 1. The number of hydrogen-bond donors (Lipinski definition) is 1. The molecule has 7 heteroatoms. The van der Waals surface area contributed by atoms with Gasteiger partial charge in [0, 0.05) is 17.9 Å². The van der Waals surface area contributed by atoms with Crippen molar-refractivity contribution in [1.82, 2.24) is 4.90 Å². The van der Waals surface area contributed by atoms with Gasteiger partial charge in [-0.1, -0.05) is 13.0 Å². The minimum atomic E-state index is -3.44. The molecule has 1 saturated carbocycles. The molecule has 0 bridgehead atoms. The van der Waals surface area contributed by atoms with Gasteiger partial charge in [0.05, 0.1) is 4.90 Å². The first-order valence-corrected chi connectivity index (χ1v) is 8.99. The third-order valence-electron chi connectivity index (χ3n) is 3.65. The minimum absolute atomic E-state index is 0.0591. The largest absolute Gasteiger partial charge is 0.480 e. The number of carbonyl (C=O) groups is 2. The summed E-state index contributed by atoms with van der Waals surface area (Å²) < 4.78 is 23.7. The number of carboxylic acids is 1. The van der Waals surface area contributed by atoms with Crippen LogP contribution < -0.4 is 0 Å². The molecule has 0 spiro atoms. The van der Waals surface area contributed by atoms with E-state index in [1.165, 1.54) is 11.0 Å². The summed E-state index contributed by atoms with van der Waals surface area (Å²) in [6, 6.07) is 4.48. The van der Waals surface area contributed by atoms with Crippen molar-refractivity contribution in [3.05, 3.63) is 29.3 Å². The summed E-state index contributed by atoms with van der Waals surface area (Å²) in [4.78, 5) is 24.9. The number of nitrogens with zero attached hydrogens (tertiary/aromatic N) is 1. The van der Waals surface area contributed by atoms with Gasteiger partial charge in [0.1, 0.15) is 6.54 Å². The molecule has 0 atom stereocenters. The maximum absolute atomic E-state index is 12.5. The molecule has 1 fully saturated rings. The summed E-state index contributed by atoms with van der Waals surface area (Å²) in [5, 5.41) is 8.93. The fourth-order valence-corrected chi connectivity index (χ4v) is 3.42. The predicted molar refractivity (Wildman–Crippen MR) is 80.6 cm³/mol. The van der Waals surface area contributed by atoms with Crippen LogP contribution in [-0.2, 0) is 21.1 Å². The standard InChI is InChI=1S/C15H19NO5S/c1-3-10-4-5-11(8-13(10)22(2,20)21)15(19)16(9-14(17)18)12-6-7-12/h4-5,8,12H,3,6-7,9H2,1-2H3,(H,17,18). The first-order valence-electron chi connectivity index (χ1n) is 7.09. The molecule has 1 aromatic carbocycles. The maximum Gasteiger partial charge on any atom is 0.323 e. The second-order valence-corrected chi connectivity index (χ2v) is 7.49. The highest BCUT2D eigenvalue weighted by atomic mass is 32.2. The van der Waals surface area contributed by atoms with E-state index in [1.807, 2.05) is 6.92 Å². The van der Waals surface area contributed by atoms with E-state index in [0.717, 1.165) is 19.1 Å². The number of amides is 1. The molecule has 1 aliphatic rings. The van der Waals surface area contributed by atoms with Gasteiger partial charge in [0.25, 0.3) is 5.91 Å². The van der Waals surface area contributed by atoms with E-state index in [9.17, 15) is 18.0 Å². The molecule has 1 aromatic rings. The molecule has 1 amide bonds. The van der Waals surface area contributed by atoms with E-state index in [-0.39, 0.29) is 23.0 Å². The number of hydrogen-bond acceptors (Lipinski definition) is 4. The highest BCUT2D eigenvalue weighted by molar-refractivity contribution is 7.90. The molecule has 0 aliphatic heterocycles. The summed E-state index contributed by atoms with van der Waals surface area (Å²) >= 11 is 0. The Labute approximate surface area is 129 Å². The number of sulfone groups is 1. The Morgan fingerprint density at radius 3 is 2.41 bits per heavy atom. The molecule has 2 rings (SSSR count). The average Bonchev–Trinajstić information content (AvgIpc) is 3.26. The van der Waals surface area contributed by atoms with Gasteiger partial charge in [-0.05, 0) is 37.0 Å². The average molecular weight is 325 g/mol. The second kappa shape index (κ2) is 6.08. The molecule has 0 radical (unpaired) electrons. The zero-order chi connectivity index (χ0) is 16.5. The number of carboxylic acid groups (broad SMARTS) is 1. The van der Waals surface area contributed by atoms with Crippen molar-refractivity contribution in [3.63, 3.8) is 0 Å². The van der Waals surface area contributed by atoms with Gasteiger partial charge in [-0.15, -0.1) is 0 Å². The summed E-state index contributed by atoms with van der Waals surface area (Å²) in [7, 11) is -3.44. The van der Waals surface area contributed by atoms with Crippen LogP contribution in [0.15, 0.2) is 23.1 Å². The van der Waals surface area contributed by atoms with Crippen molar-refractivity contribution >= 4 is 21.7 Å². The smallest absolute Gasteiger partial charge is 0.323 e. The van der Waals surface area contributed by atoms with Crippen LogP contribution in [0.2, 0.25) is 0 Å². The normalized spacial score (nSPS) is 14.6. The number of rotatable bonds is 6. The monoisotopic (exact) mass is 325 g/mol. The van der Waals surface area contributed by atoms with Gasteiger partial charge >= 0.3 is 5.97 Å². The van der Waals surface area contributed by atoms with Crippen LogP contribution in [0.3, 0.4) is 0 Å². The van der Waals surface area contributed by atoms with Crippen molar-refractivity contribution in [2.75, 3.05) is 12.8 Å². The van der Waals surface area contributed by atoms with Gasteiger partial charge in [-0.25, -0.2) is 8.42 Å². The van der Waals surface area contributed by atoms with Crippen molar-refractivity contribution < 1.29 is 23.1 Å². The summed E-state index contributed by atoms with van der Waals surface area (Å²) in [5.74, 6) is -1.51. The highest BCUT2D eigenvalue weighted by Crippen LogP contribution is 2.29. The van der Waals surface area contributed by atoms with Crippen molar-refractivity contribution in [2.24, 2.45) is 0 Å². The topological polar surface area (TPSA) is 91.8 Å². The van der Waals surface area contributed by atoms with Gasteiger partial charge in [0.15, 0.2) is 9.84 Å². The van der Waals surface area contributed by atoms with Gasteiger partial charge in [-0.3, -0.25) is 9.59 Å². The number of carbonyl (C=O) groups excluding carboxylic acids is 1. The third-order valence-corrected chi connectivity index (χ3v) is 4.83. The Hall–Kier alpha value is -1.89. The Bertz CT molecular complexity index is 707. The first kappa shape index (κ1) is 16.5. The van der Waals surface area contributed by atoms with Gasteiger partial charge < -0.3 is 10.0 Å². The zero-order valence-electron chi connectivity index (χ0n) is 12.6. The summed E-state index contributed by atoms with van der Waals surface area (Å²) in [6.45, 7) is 1.47. The van der Waals surface area contributed by atoms with Gasteiger partial charge in [0.2, 0.25) is 0 Å². The second-order valence-electron chi connectivity index (χ2n) is 5.51. The van der Waals surface area contributed by atoms with Crippen LogP contribution >= 0.6 is 0 Å². The molecule has 1 aliphatic carbocycles. The molecule has 0 unspecified atom stereocenters. The van der Waals surface area contributed by atoms with Crippen LogP contribution in [-0.4, -0.2) is 49.1 Å².